The van der Waals surface area contributed by atoms with Crippen molar-refractivity contribution >= 4 is 33.4 Å². The number of carbonyl (C=O) groups excluding carboxylic acids is 2. The van der Waals surface area contributed by atoms with Crippen molar-refractivity contribution in [1.82, 2.24) is 19.6 Å². The summed E-state index contributed by atoms with van der Waals surface area (Å²) in [6.07, 6.45) is 5.03. The number of aromatic nitrogens is 4. The number of halogens is 1. The lowest BCUT2D eigenvalue weighted by molar-refractivity contribution is -0.119. The van der Waals surface area contributed by atoms with Gasteiger partial charge in [-0.3, -0.25) is 19.0 Å². The number of hydrogen-bond donors (Lipinski definition) is 2. The minimum atomic E-state index is -0.675. The van der Waals surface area contributed by atoms with Gasteiger partial charge in [0, 0.05) is 18.9 Å². The molecule has 0 aliphatic rings. The van der Waals surface area contributed by atoms with Crippen LogP contribution >= 0.6 is 15.9 Å². The zero-order valence-corrected chi connectivity index (χ0v) is 13.9. The van der Waals surface area contributed by atoms with Crippen LogP contribution in [0.5, 0.6) is 0 Å². The first-order chi connectivity index (χ1) is 10.4. The Labute approximate surface area is 135 Å². The molecule has 1 unspecified atom stereocenters. The molecule has 2 aromatic rings. The second-order valence-corrected chi connectivity index (χ2v) is 5.80. The highest BCUT2D eigenvalue weighted by atomic mass is 79.9. The van der Waals surface area contributed by atoms with Crippen molar-refractivity contribution in [2.45, 2.75) is 26.9 Å². The van der Waals surface area contributed by atoms with E-state index in [9.17, 15) is 9.59 Å². The molecule has 2 rings (SSSR count). The van der Waals surface area contributed by atoms with E-state index in [1.165, 1.54) is 0 Å². The molecule has 0 radical (unpaired) electrons. The highest BCUT2D eigenvalue weighted by molar-refractivity contribution is 9.10. The topological polar surface area (TPSA) is 108 Å². The van der Waals surface area contributed by atoms with Gasteiger partial charge in [0.05, 0.1) is 28.8 Å². The monoisotopic (exact) mass is 368 g/mol. The third-order valence-corrected chi connectivity index (χ3v) is 3.50. The average molecular weight is 369 g/mol. The number of hydrogen-bond acceptors (Lipinski definition) is 4. The molecule has 8 nitrogen and oxygen atoms in total. The van der Waals surface area contributed by atoms with Crippen molar-refractivity contribution in [3.63, 3.8) is 0 Å². The maximum Gasteiger partial charge on any atom is 0.271 e. The molecule has 1 atom stereocenters. The molecular weight excluding hydrogens is 352 g/mol. The number of nitrogens with two attached hydrogens (primary N) is 1. The minimum Gasteiger partial charge on any atom is -0.364 e. The summed E-state index contributed by atoms with van der Waals surface area (Å²) in [4.78, 5) is 23.6. The number of nitrogens with zero attached hydrogens (tertiary/aromatic N) is 4. The number of primary amides is 1. The van der Waals surface area contributed by atoms with E-state index in [0.717, 1.165) is 4.47 Å². The molecule has 0 saturated heterocycles. The Morgan fingerprint density at radius 2 is 2.14 bits per heavy atom. The zero-order chi connectivity index (χ0) is 16.3. The van der Waals surface area contributed by atoms with Gasteiger partial charge in [0.25, 0.3) is 5.91 Å². The van der Waals surface area contributed by atoms with Crippen LogP contribution in [0, 0.1) is 5.92 Å². The maximum atomic E-state index is 12.2. The number of aryl methyl sites for hydroxylation is 1. The molecule has 9 heteroatoms. The number of rotatable bonds is 6. The lowest BCUT2D eigenvalue weighted by atomic mass is 10.1. The third kappa shape index (κ3) is 3.73. The van der Waals surface area contributed by atoms with Crippen molar-refractivity contribution in [3.8, 4) is 0 Å². The van der Waals surface area contributed by atoms with Gasteiger partial charge >= 0.3 is 0 Å². The molecule has 2 heterocycles. The summed E-state index contributed by atoms with van der Waals surface area (Å²) in [5.41, 5.74) is 5.66. The Hall–Kier alpha value is -2.16. The second-order valence-electron chi connectivity index (χ2n) is 4.88. The normalized spacial score (nSPS) is 12.1. The van der Waals surface area contributed by atoms with Crippen LogP contribution in [0.4, 0.5) is 5.69 Å². The van der Waals surface area contributed by atoms with E-state index in [0.29, 0.717) is 18.8 Å². The van der Waals surface area contributed by atoms with Gasteiger partial charge in [-0.1, -0.05) is 6.92 Å². The molecule has 0 aromatic carbocycles. The van der Waals surface area contributed by atoms with Gasteiger partial charge in [0.15, 0.2) is 5.69 Å². The van der Waals surface area contributed by atoms with Gasteiger partial charge in [-0.15, -0.1) is 0 Å². The Balaban J connectivity index is 2.07. The molecule has 0 aliphatic heterocycles. The van der Waals surface area contributed by atoms with Gasteiger partial charge in [0.1, 0.15) is 0 Å². The number of nitrogens with one attached hydrogen (secondary N) is 1. The standard InChI is InChI=1S/C13H17BrN6O2/c1-3-19-7-10(11(18-19)12(15)21)17-13(22)8(2)5-20-6-9(14)4-16-20/h4,6-8H,3,5H2,1-2H3,(H2,15,21)(H,17,22). The Bertz CT molecular complexity index is 693. The quantitative estimate of drug-likeness (QED) is 0.799. The molecule has 0 fully saturated rings. The van der Waals surface area contributed by atoms with Gasteiger partial charge in [0.2, 0.25) is 5.91 Å². The second kappa shape index (κ2) is 6.73. The fourth-order valence-corrected chi connectivity index (χ4v) is 2.24. The largest absolute Gasteiger partial charge is 0.364 e. The van der Waals surface area contributed by atoms with E-state index in [-0.39, 0.29) is 17.5 Å². The van der Waals surface area contributed by atoms with E-state index in [1.807, 2.05) is 6.92 Å². The molecule has 0 spiro atoms. The van der Waals surface area contributed by atoms with Crippen molar-refractivity contribution in [2.24, 2.45) is 11.7 Å². The van der Waals surface area contributed by atoms with Crippen molar-refractivity contribution in [2.75, 3.05) is 5.32 Å². The smallest absolute Gasteiger partial charge is 0.271 e. The summed E-state index contributed by atoms with van der Waals surface area (Å²) in [6, 6.07) is 0. The lowest BCUT2D eigenvalue weighted by Crippen LogP contribution is -2.26. The van der Waals surface area contributed by atoms with Gasteiger partial charge in [-0.2, -0.15) is 10.2 Å². The fourth-order valence-electron chi connectivity index (χ4n) is 1.91. The van der Waals surface area contributed by atoms with Gasteiger partial charge in [-0.25, -0.2) is 0 Å². The molecule has 0 aliphatic carbocycles. The molecule has 22 heavy (non-hydrogen) atoms. The van der Waals surface area contributed by atoms with Gasteiger partial charge in [-0.05, 0) is 22.9 Å². The number of amides is 2. The van der Waals surface area contributed by atoms with Crippen LogP contribution in [0.3, 0.4) is 0 Å². The fraction of sp³-hybridized carbons (Fsp3) is 0.385. The van der Waals surface area contributed by atoms with Crippen LogP contribution in [0.2, 0.25) is 0 Å². The SMILES string of the molecule is CCn1cc(NC(=O)C(C)Cn2cc(Br)cn2)c(C(N)=O)n1. The van der Waals surface area contributed by atoms with E-state index in [1.54, 1.807) is 34.9 Å². The predicted molar refractivity (Wildman–Crippen MR) is 84.1 cm³/mol. The summed E-state index contributed by atoms with van der Waals surface area (Å²) < 4.78 is 4.06. The molecule has 118 valence electrons. The first kappa shape index (κ1) is 16.2. The zero-order valence-electron chi connectivity index (χ0n) is 12.3. The first-order valence-electron chi connectivity index (χ1n) is 6.76. The summed E-state index contributed by atoms with van der Waals surface area (Å²) >= 11 is 3.30. The summed E-state index contributed by atoms with van der Waals surface area (Å²) in [5, 5.41) is 10.8. The minimum absolute atomic E-state index is 0.0595. The van der Waals surface area contributed by atoms with Crippen molar-refractivity contribution < 1.29 is 9.59 Å². The molecule has 2 aromatic heterocycles. The Morgan fingerprint density at radius 1 is 1.41 bits per heavy atom. The highest BCUT2D eigenvalue weighted by Gasteiger charge is 2.19. The van der Waals surface area contributed by atoms with Crippen LogP contribution in [0.15, 0.2) is 23.1 Å². The Morgan fingerprint density at radius 3 is 2.68 bits per heavy atom. The Kier molecular flexibility index (Phi) is 4.96. The highest BCUT2D eigenvalue weighted by Crippen LogP contribution is 2.15. The average Bonchev–Trinajstić information content (AvgIpc) is 3.05. The van der Waals surface area contributed by atoms with Crippen LogP contribution in [0.1, 0.15) is 24.3 Å². The van der Waals surface area contributed by atoms with E-state index < -0.39 is 5.91 Å². The predicted octanol–water partition coefficient (Wildman–Crippen LogP) is 1.24. The van der Waals surface area contributed by atoms with Gasteiger partial charge < -0.3 is 11.1 Å². The number of carbonyl (C=O) groups is 2. The van der Waals surface area contributed by atoms with E-state index >= 15 is 0 Å². The molecule has 0 bridgehead atoms. The molecule has 2 amide bonds. The van der Waals surface area contributed by atoms with Crippen LogP contribution in [-0.4, -0.2) is 31.4 Å². The summed E-state index contributed by atoms with van der Waals surface area (Å²) in [6.45, 7) is 4.65. The maximum absolute atomic E-state index is 12.2. The first-order valence-corrected chi connectivity index (χ1v) is 7.56. The van der Waals surface area contributed by atoms with E-state index in [2.05, 4.69) is 31.4 Å². The summed E-state index contributed by atoms with van der Waals surface area (Å²) in [7, 11) is 0. The lowest BCUT2D eigenvalue weighted by Gasteiger charge is -2.11. The van der Waals surface area contributed by atoms with E-state index in [4.69, 9.17) is 5.73 Å². The number of anilines is 1. The molecule has 3 N–H and O–H groups in total. The van der Waals surface area contributed by atoms with Crippen LogP contribution in [0.25, 0.3) is 0 Å². The van der Waals surface area contributed by atoms with Crippen molar-refractivity contribution in [3.05, 3.63) is 28.8 Å². The van der Waals surface area contributed by atoms with Crippen LogP contribution < -0.4 is 11.1 Å². The molecular formula is C13H17BrN6O2. The summed E-state index contributed by atoms with van der Waals surface area (Å²) in [5.74, 6) is -1.24. The van der Waals surface area contributed by atoms with Crippen LogP contribution in [-0.2, 0) is 17.9 Å². The van der Waals surface area contributed by atoms with Crippen molar-refractivity contribution in [1.29, 1.82) is 0 Å². The molecule has 0 saturated carbocycles. The third-order valence-electron chi connectivity index (χ3n) is 3.09.